The Labute approximate surface area is 120 Å². The first kappa shape index (κ1) is 16.1. The van der Waals surface area contributed by atoms with Crippen LogP contribution < -0.4 is 20.1 Å². The highest BCUT2D eigenvalue weighted by Gasteiger charge is 2.14. The van der Waals surface area contributed by atoms with Gasteiger partial charge in [-0.3, -0.25) is 0 Å². The average Bonchev–Trinajstić information content (AvgIpc) is 2.49. The summed E-state index contributed by atoms with van der Waals surface area (Å²) in [5.41, 5.74) is 0.997. The average molecular weight is 280 g/mol. The quantitative estimate of drug-likeness (QED) is 0.807. The summed E-state index contributed by atoms with van der Waals surface area (Å²) >= 11 is 0. The van der Waals surface area contributed by atoms with Gasteiger partial charge >= 0.3 is 6.03 Å². The van der Waals surface area contributed by atoms with Crippen LogP contribution in [0.4, 0.5) is 4.79 Å². The number of amides is 2. The fourth-order valence-corrected chi connectivity index (χ4v) is 1.94. The van der Waals surface area contributed by atoms with Crippen molar-refractivity contribution < 1.29 is 14.3 Å². The molecule has 2 amide bonds. The summed E-state index contributed by atoms with van der Waals surface area (Å²) in [5.74, 6) is 1.35. The molecule has 0 aliphatic carbocycles. The highest BCUT2D eigenvalue weighted by atomic mass is 16.5. The fourth-order valence-electron chi connectivity index (χ4n) is 1.94. The van der Waals surface area contributed by atoms with Crippen molar-refractivity contribution in [1.29, 1.82) is 0 Å². The molecule has 1 rings (SSSR count). The Morgan fingerprint density at radius 3 is 2.45 bits per heavy atom. The van der Waals surface area contributed by atoms with Crippen LogP contribution in [0.5, 0.6) is 11.5 Å². The predicted molar refractivity (Wildman–Crippen MR) is 79.4 cm³/mol. The largest absolute Gasteiger partial charge is 0.493 e. The lowest BCUT2D eigenvalue weighted by Crippen LogP contribution is -2.38. The van der Waals surface area contributed by atoms with E-state index in [4.69, 9.17) is 9.47 Å². The molecule has 0 fully saturated rings. The second-order valence-corrected chi connectivity index (χ2v) is 4.48. The van der Waals surface area contributed by atoms with E-state index in [2.05, 4.69) is 10.6 Å². The maximum absolute atomic E-state index is 11.7. The number of methoxy groups -OCH3 is 2. The van der Waals surface area contributed by atoms with Crippen molar-refractivity contribution in [3.63, 3.8) is 0 Å². The Balaban J connectivity index is 2.81. The van der Waals surface area contributed by atoms with Gasteiger partial charge in [-0.1, -0.05) is 19.9 Å². The Bertz CT molecular complexity index is 435. The SMILES string of the molecule is CCCNC(=O)N[C@H](CC)c1ccc(OC)c(OC)c1. The molecule has 0 radical (unpaired) electrons. The van der Waals surface area contributed by atoms with Crippen LogP contribution in [0.2, 0.25) is 0 Å². The van der Waals surface area contributed by atoms with Crippen molar-refractivity contribution in [3.05, 3.63) is 23.8 Å². The number of carbonyl (C=O) groups excluding carboxylic acids is 1. The number of benzene rings is 1. The van der Waals surface area contributed by atoms with Crippen LogP contribution in [-0.2, 0) is 0 Å². The number of hydrogen-bond acceptors (Lipinski definition) is 3. The van der Waals surface area contributed by atoms with Crippen molar-refractivity contribution in [2.24, 2.45) is 0 Å². The standard InChI is InChI=1S/C15H24N2O3/c1-5-9-16-15(18)17-12(6-2)11-7-8-13(19-3)14(10-11)20-4/h7-8,10,12H,5-6,9H2,1-4H3,(H2,16,17,18)/t12-/m1/s1. The van der Waals surface area contributed by atoms with Gasteiger partial charge in [-0.25, -0.2) is 4.79 Å². The normalized spacial score (nSPS) is 11.6. The van der Waals surface area contributed by atoms with E-state index in [0.717, 1.165) is 18.4 Å². The van der Waals surface area contributed by atoms with E-state index in [0.29, 0.717) is 18.0 Å². The van der Waals surface area contributed by atoms with Gasteiger partial charge in [0.05, 0.1) is 20.3 Å². The highest BCUT2D eigenvalue weighted by molar-refractivity contribution is 5.74. The molecule has 1 atom stereocenters. The number of urea groups is 1. The monoisotopic (exact) mass is 280 g/mol. The number of ether oxygens (including phenoxy) is 2. The number of rotatable bonds is 7. The second kappa shape index (κ2) is 8.30. The first-order valence-electron chi connectivity index (χ1n) is 6.92. The third kappa shape index (κ3) is 4.33. The van der Waals surface area contributed by atoms with E-state index in [1.165, 1.54) is 0 Å². The molecule has 0 spiro atoms. The molecule has 0 saturated carbocycles. The smallest absolute Gasteiger partial charge is 0.315 e. The minimum Gasteiger partial charge on any atom is -0.493 e. The Hall–Kier alpha value is -1.91. The molecular formula is C15H24N2O3. The van der Waals surface area contributed by atoms with E-state index in [9.17, 15) is 4.79 Å². The number of nitrogens with one attached hydrogen (secondary N) is 2. The first-order valence-corrected chi connectivity index (χ1v) is 6.92. The summed E-state index contributed by atoms with van der Waals surface area (Å²) in [6.07, 6.45) is 1.72. The van der Waals surface area contributed by atoms with Crippen LogP contribution in [0.3, 0.4) is 0 Å². The third-order valence-electron chi connectivity index (χ3n) is 3.06. The maximum Gasteiger partial charge on any atom is 0.315 e. The summed E-state index contributed by atoms with van der Waals surface area (Å²) in [7, 11) is 3.20. The Morgan fingerprint density at radius 2 is 1.90 bits per heavy atom. The summed E-state index contributed by atoms with van der Waals surface area (Å²) in [6, 6.07) is 5.49. The topological polar surface area (TPSA) is 59.6 Å². The van der Waals surface area contributed by atoms with E-state index >= 15 is 0 Å². The summed E-state index contributed by atoms with van der Waals surface area (Å²) in [5, 5.41) is 5.77. The second-order valence-electron chi connectivity index (χ2n) is 4.48. The lowest BCUT2D eigenvalue weighted by Gasteiger charge is -2.19. The lowest BCUT2D eigenvalue weighted by molar-refractivity contribution is 0.236. The molecule has 0 saturated heterocycles. The summed E-state index contributed by atoms with van der Waals surface area (Å²) in [6.45, 7) is 4.72. The van der Waals surface area contributed by atoms with E-state index < -0.39 is 0 Å². The minimum atomic E-state index is -0.145. The van der Waals surface area contributed by atoms with Crippen molar-refractivity contribution in [2.75, 3.05) is 20.8 Å². The van der Waals surface area contributed by atoms with E-state index in [1.54, 1.807) is 14.2 Å². The summed E-state index contributed by atoms with van der Waals surface area (Å²) in [4.78, 5) is 11.7. The van der Waals surface area contributed by atoms with Gasteiger partial charge in [0.2, 0.25) is 0 Å². The zero-order valence-corrected chi connectivity index (χ0v) is 12.7. The molecule has 1 aromatic rings. The van der Waals surface area contributed by atoms with Gasteiger partial charge in [0.25, 0.3) is 0 Å². The fraction of sp³-hybridized carbons (Fsp3) is 0.533. The van der Waals surface area contributed by atoms with Gasteiger partial charge in [0.1, 0.15) is 0 Å². The molecule has 0 aromatic heterocycles. The van der Waals surface area contributed by atoms with Crippen molar-refractivity contribution in [2.45, 2.75) is 32.7 Å². The van der Waals surface area contributed by atoms with Crippen LogP contribution in [0, 0.1) is 0 Å². The Morgan fingerprint density at radius 1 is 1.20 bits per heavy atom. The highest BCUT2D eigenvalue weighted by Crippen LogP contribution is 2.30. The maximum atomic E-state index is 11.7. The van der Waals surface area contributed by atoms with Crippen LogP contribution in [0.15, 0.2) is 18.2 Å². The van der Waals surface area contributed by atoms with Crippen molar-refractivity contribution in [1.82, 2.24) is 10.6 Å². The van der Waals surface area contributed by atoms with Gasteiger partial charge in [0.15, 0.2) is 11.5 Å². The van der Waals surface area contributed by atoms with Crippen LogP contribution in [-0.4, -0.2) is 26.8 Å². The summed E-state index contributed by atoms with van der Waals surface area (Å²) < 4.78 is 10.5. The molecule has 0 aliphatic heterocycles. The van der Waals surface area contributed by atoms with Gasteiger partial charge in [0, 0.05) is 6.54 Å². The van der Waals surface area contributed by atoms with Gasteiger partial charge in [-0.05, 0) is 30.5 Å². The Kier molecular flexibility index (Phi) is 6.70. The molecule has 20 heavy (non-hydrogen) atoms. The predicted octanol–water partition coefficient (Wildman–Crippen LogP) is 2.86. The molecule has 0 unspecified atom stereocenters. The molecule has 112 valence electrons. The van der Waals surface area contributed by atoms with Crippen molar-refractivity contribution in [3.8, 4) is 11.5 Å². The van der Waals surface area contributed by atoms with Gasteiger partial charge in [-0.2, -0.15) is 0 Å². The van der Waals surface area contributed by atoms with Gasteiger partial charge in [-0.15, -0.1) is 0 Å². The third-order valence-corrected chi connectivity index (χ3v) is 3.06. The van der Waals surface area contributed by atoms with Crippen LogP contribution in [0.1, 0.15) is 38.3 Å². The molecule has 5 heteroatoms. The van der Waals surface area contributed by atoms with Crippen molar-refractivity contribution >= 4 is 6.03 Å². The molecule has 0 aliphatic rings. The zero-order chi connectivity index (χ0) is 15.0. The lowest BCUT2D eigenvalue weighted by atomic mass is 10.0. The first-order chi connectivity index (χ1) is 9.65. The molecule has 5 nitrogen and oxygen atoms in total. The molecule has 2 N–H and O–H groups in total. The number of hydrogen-bond donors (Lipinski definition) is 2. The van der Waals surface area contributed by atoms with Gasteiger partial charge < -0.3 is 20.1 Å². The molecule has 1 aromatic carbocycles. The zero-order valence-electron chi connectivity index (χ0n) is 12.7. The van der Waals surface area contributed by atoms with E-state index in [1.807, 2.05) is 32.0 Å². The van der Waals surface area contributed by atoms with Crippen LogP contribution in [0.25, 0.3) is 0 Å². The minimum absolute atomic E-state index is 0.0494. The molecule has 0 bridgehead atoms. The molecule has 0 heterocycles. The molecular weight excluding hydrogens is 256 g/mol. The van der Waals surface area contributed by atoms with Crippen LogP contribution >= 0.6 is 0 Å². The van der Waals surface area contributed by atoms with E-state index in [-0.39, 0.29) is 12.1 Å². The number of carbonyl (C=O) groups is 1.